The molecule has 0 N–H and O–H groups in total. The van der Waals surface area contributed by atoms with E-state index in [0.29, 0.717) is 21.8 Å². The Kier molecular flexibility index (Phi) is 2.24. The van der Waals surface area contributed by atoms with E-state index >= 15 is 0 Å². The van der Waals surface area contributed by atoms with Crippen LogP contribution in [0, 0.1) is 13.8 Å². The van der Waals surface area contributed by atoms with Crippen LogP contribution in [0.15, 0.2) is 12.1 Å². The maximum absolute atomic E-state index is 6.08. The molecule has 0 amide bonds. The van der Waals surface area contributed by atoms with Gasteiger partial charge in [-0.15, -0.1) is 5.10 Å². The van der Waals surface area contributed by atoms with Gasteiger partial charge in [-0.05, 0) is 43.1 Å². The number of aryl methyl sites for hydroxylation is 2. The molecule has 3 aromatic rings. The molecule has 0 aliphatic carbocycles. The summed E-state index contributed by atoms with van der Waals surface area (Å²) in [5, 5.41) is 6.01. The molecule has 0 aliphatic rings. The van der Waals surface area contributed by atoms with Crippen molar-refractivity contribution in [2.24, 2.45) is 0 Å². The molecule has 1 aromatic carbocycles. The zero-order chi connectivity index (χ0) is 12.2. The van der Waals surface area contributed by atoms with Crippen LogP contribution in [0.1, 0.15) is 11.4 Å². The second-order valence-corrected chi connectivity index (χ2v) is 4.67. The van der Waals surface area contributed by atoms with Crippen LogP contribution >= 0.6 is 23.2 Å². The van der Waals surface area contributed by atoms with Gasteiger partial charge in [0.25, 0.3) is 0 Å². The molecule has 0 spiro atoms. The minimum Gasteiger partial charge on any atom is -0.217 e. The first kappa shape index (κ1) is 10.7. The number of nitrogens with zero attached hydrogens (tertiary/aromatic N) is 4. The fourth-order valence-electron chi connectivity index (χ4n) is 1.91. The van der Waals surface area contributed by atoms with Gasteiger partial charge in [-0.3, -0.25) is 0 Å². The molecule has 0 saturated carbocycles. The van der Waals surface area contributed by atoms with Crippen molar-refractivity contribution in [2.75, 3.05) is 0 Å². The Morgan fingerprint density at radius 1 is 1.12 bits per heavy atom. The topological polar surface area (TPSA) is 43.1 Å². The minimum atomic E-state index is 0.304. The number of hydrogen-bond acceptors (Lipinski definition) is 3. The molecule has 3 rings (SSSR count). The van der Waals surface area contributed by atoms with Crippen molar-refractivity contribution in [3.63, 3.8) is 0 Å². The Morgan fingerprint density at radius 3 is 2.65 bits per heavy atom. The Morgan fingerprint density at radius 2 is 1.88 bits per heavy atom. The number of aromatic nitrogens is 4. The van der Waals surface area contributed by atoms with Crippen molar-refractivity contribution in [3.05, 3.63) is 33.8 Å². The largest absolute Gasteiger partial charge is 0.226 e. The van der Waals surface area contributed by atoms with Crippen LogP contribution in [0.2, 0.25) is 10.3 Å². The number of benzene rings is 1. The van der Waals surface area contributed by atoms with Crippen LogP contribution in [-0.4, -0.2) is 19.6 Å². The fraction of sp³-hybridized carbons (Fsp3) is 0.182. The molecule has 0 saturated heterocycles. The first-order valence-corrected chi connectivity index (χ1v) is 5.80. The number of rotatable bonds is 0. The number of halogens is 2. The molecule has 17 heavy (non-hydrogen) atoms. The van der Waals surface area contributed by atoms with E-state index in [4.69, 9.17) is 23.2 Å². The highest BCUT2D eigenvalue weighted by atomic mass is 35.5. The second-order valence-electron chi connectivity index (χ2n) is 3.89. The van der Waals surface area contributed by atoms with E-state index in [2.05, 4.69) is 15.1 Å². The fourth-order valence-corrected chi connectivity index (χ4v) is 2.39. The third kappa shape index (κ3) is 1.56. The summed E-state index contributed by atoms with van der Waals surface area (Å²) in [6.45, 7) is 3.75. The summed E-state index contributed by atoms with van der Waals surface area (Å²) in [4.78, 5) is 8.68. The highest BCUT2D eigenvalue weighted by Gasteiger charge is 2.12. The van der Waals surface area contributed by atoms with Gasteiger partial charge < -0.3 is 0 Å². The van der Waals surface area contributed by atoms with Crippen LogP contribution in [-0.2, 0) is 0 Å². The van der Waals surface area contributed by atoms with Gasteiger partial charge in [-0.25, -0.2) is 9.97 Å². The van der Waals surface area contributed by atoms with Crippen molar-refractivity contribution >= 4 is 39.8 Å². The summed E-state index contributed by atoms with van der Waals surface area (Å²) >= 11 is 12.1. The molecule has 0 bridgehead atoms. The molecule has 2 aromatic heterocycles. The Hall–Kier alpha value is -1.39. The van der Waals surface area contributed by atoms with Gasteiger partial charge in [0.15, 0.2) is 5.65 Å². The smallest absolute Gasteiger partial charge is 0.217 e. The summed E-state index contributed by atoms with van der Waals surface area (Å²) < 4.78 is 1.52. The van der Waals surface area contributed by atoms with E-state index in [1.165, 1.54) is 4.52 Å². The lowest BCUT2D eigenvalue weighted by Crippen LogP contribution is -1.96. The molecule has 0 unspecified atom stereocenters. The second kappa shape index (κ2) is 3.55. The molecule has 0 radical (unpaired) electrons. The lowest BCUT2D eigenvalue weighted by Gasteiger charge is -2.04. The number of hydrogen-bond donors (Lipinski definition) is 0. The number of fused-ring (bicyclic) bond motifs is 3. The van der Waals surface area contributed by atoms with Gasteiger partial charge in [0, 0.05) is 10.4 Å². The molecule has 6 heteroatoms. The molecule has 2 heterocycles. The molecule has 0 atom stereocenters. The van der Waals surface area contributed by atoms with Crippen molar-refractivity contribution in [1.82, 2.24) is 19.6 Å². The van der Waals surface area contributed by atoms with Gasteiger partial charge in [0.1, 0.15) is 5.82 Å². The van der Waals surface area contributed by atoms with Gasteiger partial charge in [-0.1, -0.05) is 11.6 Å². The van der Waals surface area contributed by atoms with E-state index < -0.39 is 0 Å². The molecule has 86 valence electrons. The molecule has 0 fully saturated rings. The average molecular weight is 267 g/mol. The van der Waals surface area contributed by atoms with E-state index in [1.807, 2.05) is 26.0 Å². The molecular formula is C11H8Cl2N4. The van der Waals surface area contributed by atoms with E-state index in [-0.39, 0.29) is 0 Å². The van der Waals surface area contributed by atoms with Crippen molar-refractivity contribution in [3.8, 4) is 0 Å². The Balaban J connectivity index is 2.62. The first-order valence-electron chi connectivity index (χ1n) is 5.05. The predicted octanol–water partition coefficient (Wildman–Crippen LogP) is 3.20. The van der Waals surface area contributed by atoms with Gasteiger partial charge in [0.2, 0.25) is 5.28 Å². The van der Waals surface area contributed by atoms with Gasteiger partial charge in [0.05, 0.1) is 5.52 Å². The lowest BCUT2D eigenvalue weighted by molar-refractivity contribution is 0.909. The van der Waals surface area contributed by atoms with Crippen LogP contribution < -0.4 is 0 Å². The monoisotopic (exact) mass is 266 g/mol. The zero-order valence-corrected chi connectivity index (χ0v) is 10.7. The summed E-state index contributed by atoms with van der Waals surface area (Å²) in [5.41, 5.74) is 2.46. The zero-order valence-electron chi connectivity index (χ0n) is 9.20. The van der Waals surface area contributed by atoms with E-state index in [9.17, 15) is 0 Å². The minimum absolute atomic E-state index is 0.304. The van der Waals surface area contributed by atoms with Gasteiger partial charge in [-0.2, -0.15) is 4.52 Å². The normalized spacial score (nSPS) is 11.5. The van der Waals surface area contributed by atoms with E-state index in [1.54, 1.807) is 0 Å². The van der Waals surface area contributed by atoms with Gasteiger partial charge >= 0.3 is 0 Å². The summed E-state index contributed by atoms with van der Waals surface area (Å²) in [6.07, 6.45) is 0. The highest BCUT2D eigenvalue weighted by molar-refractivity contribution is 6.32. The third-order valence-corrected chi connectivity index (χ3v) is 3.06. The quantitative estimate of drug-likeness (QED) is 0.587. The van der Waals surface area contributed by atoms with Crippen LogP contribution in [0.25, 0.3) is 16.6 Å². The summed E-state index contributed by atoms with van der Waals surface area (Å²) in [7, 11) is 0. The maximum Gasteiger partial charge on any atom is 0.226 e. The van der Waals surface area contributed by atoms with E-state index in [0.717, 1.165) is 16.5 Å². The van der Waals surface area contributed by atoms with Crippen molar-refractivity contribution in [1.29, 1.82) is 0 Å². The molecular weight excluding hydrogens is 259 g/mol. The molecule has 4 nitrogen and oxygen atoms in total. The average Bonchev–Trinajstić information content (AvgIpc) is 2.63. The lowest BCUT2D eigenvalue weighted by atomic mass is 10.1. The Labute approximate surface area is 107 Å². The predicted molar refractivity (Wildman–Crippen MR) is 67.8 cm³/mol. The maximum atomic E-state index is 6.08. The highest BCUT2D eigenvalue weighted by Crippen LogP contribution is 2.26. The van der Waals surface area contributed by atoms with Crippen LogP contribution in [0.5, 0.6) is 0 Å². The van der Waals surface area contributed by atoms with Crippen molar-refractivity contribution in [2.45, 2.75) is 13.8 Å². The van der Waals surface area contributed by atoms with Crippen molar-refractivity contribution < 1.29 is 0 Å². The standard InChI is InChI=1S/C11H8Cl2N4/c1-5-3-7(12)4-8-9(5)15-11(13)17-10(8)14-6(2)16-17/h3-4H,1-2H3. The third-order valence-electron chi connectivity index (χ3n) is 2.60. The first-order chi connectivity index (χ1) is 8.06. The SMILES string of the molecule is Cc1nc2c3cc(Cl)cc(C)c3nc(Cl)n2n1. The van der Waals surface area contributed by atoms with Crippen LogP contribution in [0.3, 0.4) is 0 Å². The molecule has 0 aliphatic heterocycles. The summed E-state index contributed by atoms with van der Waals surface area (Å²) in [5.74, 6) is 0.652. The summed E-state index contributed by atoms with van der Waals surface area (Å²) in [6, 6.07) is 3.68. The van der Waals surface area contributed by atoms with Crippen LogP contribution in [0.4, 0.5) is 0 Å². The Bertz CT molecular complexity index is 748.